The Labute approximate surface area is 161 Å². The lowest BCUT2D eigenvalue weighted by molar-refractivity contribution is -0.143. The standard InChI is InChI=1S/C19H20ClN5O2/c20-14-10-15(25-9-8-22-11-25)24-18(23-14)16(21)12-4-3-7-19(17(12)27)6-2-1-5-13(19)26/h8-11H,1-7,21H2/t19-/m1/s1. The third kappa shape index (κ3) is 3.06. The van der Waals surface area contributed by atoms with Crippen molar-refractivity contribution in [3.8, 4) is 5.82 Å². The summed E-state index contributed by atoms with van der Waals surface area (Å²) in [5.41, 5.74) is 6.09. The lowest BCUT2D eigenvalue weighted by Crippen LogP contribution is -2.45. The SMILES string of the molecule is NC(=C1CCC[C@@]2(CCCCC2=O)C1=O)c1nc(Cl)cc(-n2ccnc2)n1. The van der Waals surface area contributed by atoms with E-state index in [0.717, 1.165) is 19.3 Å². The Balaban J connectivity index is 1.76. The lowest BCUT2D eigenvalue weighted by Gasteiger charge is -2.38. The van der Waals surface area contributed by atoms with Gasteiger partial charge in [0.1, 0.15) is 23.1 Å². The van der Waals surface area contributed by atoms with E-state index in [1.807, 2.05) is 0 Å². The fourth-order valence-electron chi connectivity index (χ4n) is 4.12. The number of hydrogen-bond donors (Lipinski definition) is 1. The van der Waals surface area contributed by atoms with Crippen molar-refractivity contribution in [2.75, 3.05) is 0 Å². The second-order valence-electron chi connectivity index (χ2n) is 7.13. The summed E-state index contributed by atoms with van der Waals surface area (Å²) in [4.78, 5) is 38.5. The lowest BCUT2D eigenvalue weighted by atomic mass is 9.62. The number of aromatic nitrogens is 4. The van der Waals surface area contributed by atoms with Gasteiger partial charge in [-0.15, -0.1) is 0 Å². The van der Waals surface area contributed by atoms with E-state index in [2.05, 4.69) is 15.0 Å². The van der Waals surface area contributed by atoms with Crippen LogP contribution in [0.25, 0.3) is 11.5 Å². The number of allylic oxidation sites excluding steroid dienone is 1. The van der Waals surface area contributed by atoms with Gasteiger partial charge in [-0.05, 0) is 32.1 Å². The molecule has 1 atom stereocenters. The number of carbonyl (C=O) groups excluding carboxylic acids is 2. The second-order valence-corrected chi connectivity index (χ2v) is 7.52. The molecule has 2 aliphatic carbocycles. The number of imidazole rings is 1. The predicted molar refractivity (Wildman–Crippen MR) is 100 cm³/mol. The van der Waals surface area contributed by atoms with Crippen molar-refractivity contribution in [3.05, 3.63) is 41.3 Å². The van der Waals surface area contributed by atoms with E-state index in [1.165, 1.54) is 0 Å². The molecule has 27 heavy (non-hydrogen) atoms. The summed E-state index contributed by atoms with van der Waals surface area (Å²) >= 11 is 6.15. The molecule has 0 radical (unpaired) electrons. The minimum Gasteiger partial charge on any atom is -0.395 e. The summed E-state index contributed by atoms with van der Waals surface area (Å²) in [5, 5.41) is 0.221. The van der Waals surface area contributed by atoms with Gasteiger partial charge in [0.05, 0.1) is 11.1 Å². The summed E-state index contributed by atoms with van der Waals surface area (Å²) in [6.07, 6.45) is 9.66. The Morgan fingerprint density at radius 1 is 1.15 bits per heavy atom. The maximum Gasteiger partial charge on any atom is 0.179 e. The zero-order valence-electron chi connectivity index (χ0n) is 14.8. The molecule has 2 aromatic rings. The van der Waals surface area contributed by atoms with Crippen LogP contribution in [0.1, 0.15) is 50.8 Å². The average molecular weight is 386 g/mol. The van der Waals surface area contributed by atoms with Crippen LogP contribution in [0.2, 0.25) is 5.15 Å². The summed E-state index contributed by atoms with van der Waals surface area (Å²) in [5.74, 6) is 0.617. The fourth-order valence-corrected chi connectivity index (χ4v) is 4.30. The molecule has 2 saturated carbocycles. The van der Waals surface area contributed by atoms with Gasteiger partial charge in [-0.25, -0.2) is 15.0 Å². The highest BCUT2D eigenvalue weighted by atomic mass is 35.5. The van der Waals surface area contributed by atoms with Crippen LogP contribution in [0.15, 0.2) is 30.4 Å². The third-order valence-electron chi connectivity index (χ3n) is 5.55. The summed E-state index contributed by atoms with van der Waals surface area (Å²) in [6, 6.07) is 1.60. The predicted octanol–water partition coefficient (Wildman–Crippen LogP) is 2.87. The molecule has 2 N–H and O–H groups in total. The first kappa shape index (κ1) is 17.9. The molecular formula is C19H20ClN5O2. The maximum absolute atomic E-state index is 13.3. The van der Waals surface area contributed by atoms with Crippen LogP contribution in [-0.2, 0) is 9.59 Å². The zero-order chi connectivity index (χ0) is 19.0. The van der Waals surface area contributed by atoms with Crippen molar-refractivity contribution in [2.24, 2.45) is 11.1 Å². The molecule has 1 spiro atoms. The van der Waals surface area contributed by atoms with E-state index in [4.69, 9.17) is 17.3 Å². The largest absolute Gasteiger partial charge is 0.395 e. The van der Waals surface area contributed by atoms with Gasteiger partial charge in [0.15, 0.2) is 11.6 Å². The molecule has 0 saturated heterocycles. The maximum atomic E-state index is 13.3. The molecule has 2 aliphatic rings. The number of ketones is 2. The van der Waals surface area contributed by atoms with E-state index in [1.54, 1.807) is 29.4 Å². The molecule has 7 nitrogen and oxygen atoms in total. The van der Waals surface area contributed by atoms with Gasteiger partial charge in [-0.1, -0.05) is 18.0 Å². The Kier molecular flexibility index (Phi) is 4.55. The number of nitrogens with two attached hydrogens (primary N) is 1. The van der Waals surface area contributed by atoms with Gasteiger partial charge >= 0.3 is 0 Å². The zero-order valence-corrected chi connectivity index (χ0v) is 15.6. The van der Waals surface area contributed by atoms with Crippen molar-refractivity contribution >= 4 is 28.9 Å². The third-order valence-corrected chi connectivity index (χ3v) is 5.74. The summed E-state index contributed by atoms with van der Waals surface area (Å²) < 4.78 is 1.68. The Morgan fingerprint density at radius 3 is 2.70 bits per heavy atom. The quantitative estimate of drug-likeness (QED) is 0.484. The molecule has 140 valence electrons. The monoisotopic (exact) mass is 385 g/mol. The van der Waals surface area contributed by atoms with E-state index in [9.17, 15) is 9.59 Å². The Morgan fingerprint density at radius 2 is 1.96 bits per heavy atom. The second kappa shape index (κ2) is 6.88. The normalized spacial score (nSPS) is 25.1. The highest BCUT2D eigenvalue weighted by Gasteiger charge is 2.49. The molecule has 8 heteroatoms. The topological polar surface area (TPSA) is 104 Å². The highest BCUT2D eigenvalue weighted by molar-refractivity contribution is 6.29. The van der Waals surface area contributed by atoms with Crippen molar-refractivity contribution in [1.82, 2.24) is 19.5 Å². The summed E-state index contributed by atoms with van der Waals surface area (Å²) in [7, 11) is 0. The summed E-state index contributed by atoms with van der Waals surface area (Å²) in [6.45, 7) is 0. The van der Waals surface area contributed by atoms with Crippen molar-refractivity contribution in [1.29, 1.82) is 0 Å². The highest BCUT2D eigenvalue weighted by Crippen LogP contribution is 2.45. The molecule has 2 heterocycles. The van der Waals surface area contributed by atoms with Gasteiger partial charge in [-0.3, -0.25) is 14.2 Å². The van der Waals surface area contributed by atoms with Crippen molar-refractivity contribution in [2.45, 2.75) is 44.9 Å². The van der Waals surface area contributed by atoms with Gasteiger partial charge in [-0.2, -0.15) is 0 Å². The van der Waals surface area contributed by atoms with Crippen LogP contribution in [0.5, 0.6) is 0 Å². The van der Waals surface area contributed by atoms with Crippen LogP contribution in [0.3, 0.4) is 0 Å². The Bertz CT molecular complexity index is 934. The van der Waals surface area contributed by atoms with Gasteiger partial charge in [0, 0.05) is 30.5 Å². The first-order valence-corrected chi connectivity index (χ1v) is 9.49. The number of Topliss-reactive ketones (excluding diaryl/α,β-unsaturated/α-hetero) is 2. The van der Waals surface area contributed by atoms with Crippen LogP contribution in [-0.4, -0.2) is 31.1 Å². The van der Waals surface area contributed by atoms with Crippen molar-refractivity contribution < 1.29 is 9.59 Å². The first-order valence-electron chi connectivity index (χ1n) is 9.11. The molecule has 0 unspecified atom stereocenters. The van der Waals surface area contributed by atoms with E-state index >= 15 is 0 Å². The van der Waals surface area contributed by atoms with Gasteiger partial charge in [0.25, 0.3) is 0 Å². The van der Waals surface area contributed by atoms with Crippen LogP contribution in [0.4, 0.5) is 0 Å². The molecule has 4 rings (SSSR count). The van der Waals surface area contributed by atoms with Crippen LogP contribution >= 0.6 is 11.6 Å². The number of hydrogen-bond acceptors (Lipinski definition) is 6. The number of carbonyl (C=O) groups is 2. The number of rotatable bonds is 2. The number of nitrogens with zero attached hydrogens (tertiary/aromatic N) is 4. The molecule has 2 aromatic heterocycles. The molecule has 0 aliphatic heterocycles. The van der Waals surface area contributed by atoms with Gasteiger partial charge in [0.2, 0.25) is 0 Å². The molecule has 0 amide bonds. The fraction of sp³-hybridized carbons (Fsp3) is 0.421. The van der Waals surface area contributed by atoms with Crippen LogP contribution in [0, 0.1) is 5.41 Å². The van der Waals surface area contributed by atoms with Crippen molar-refractivity contribution in [3.63, 3.8) is 0 Å². The molecule has 0 bridgehead atoms. The first-order chi connectivity index (χ1) is 13.0. The minimum absolute atomic E-state index is 0.0508. The van der Waals surface area contributed by atoms with Gasteiger partial charge < -0.3 is 5.73 Å². The van der Waals surface area contributed by atoms with E-state index in [0.29, 0.717) is 37.1 Å². The number of halogens is 1. The van der Waals surface area contributed by atoms with E-state index in [-0.39, 0.29) is 28.2 Å². The minimum atomic E-state index is -0.901. The van der Waals surface area contributed by atoms with Crippen LogP contribution < -0.4 is 5.73 Å². The Hall–Kier alpha value is -2.54. The smallest absolute Gasteiger partial charge is 0.179 e. The van der Waals surface area contributed by atoms with E-state index < -0.39 is 5.41 Å². The average Bonchev–Trinajstić information content (AvgIpc) is 3.20. The molecular weight excluding hydrogens is 366 g/mol. The molecule has 2 fully saturated rings. The molecule has 0 aromatic carbocycles.